The highest BCUT2D eigenvalue weighted by atomic mass is 16.5. The van der Waals surface area contributed by atoms with Gasteiger partial charge in [-0.1, -0.05) is 30.6 Å². The van der Waals surface area contributed by atoms with E-state index in [0.717, 1.165) is 81.2 Å². The zero-order valence-electron chi connectivity index (χ0n) is 30.8. The fourth-order valence-electron chi connectivity index (χ4n) is 7.60. The molecule has 280 valence electrons. The molecule has 0 bridgehead atoms. The van der Waals surface area contributed by atoms with Gasteiger partial charge in [-0.15, -0.1) is 0 Å². The number of benzene rings is 2. The Balaban J connectivity index is 0.670. The first-order chi connectivity index (χ1) is 27.4. The third-order valence-corrected chi connectivity index (χ3v) is 10.7. The minimum atomic E-state index is -0.472. The number of nitrogens with zero attached hydrogens (tertiary/aromatic N) is 4. The SMILES string of the molecule is C=C1CCC(N2Cc3cc(C#CCOCCCc4ccc(OC5CC(Oc6ccc(-c7ccc8c(c7)[nH]c7ccncc78)cn6)C5)cn4)ccc3C2=O)C(=O)N1. The minimum Gasteiger partial charge on any atom is -0.489 e. The summed E-state index contributed by atoms with van der Waals surface area (Å²) >= 11 is 0. The summed E-state index contributed by atoms with van der Waals surface area (Å²) in [5.41, 5.74) is 8.28. The highest BCUT2D eigenvalue weighted by molar-refractivity contribution is 6.07. The van der Waals surface area contributed by atoms with Crippen LogP contribution in [0.2, 0.25) is 0 Å². The lowest BCUT2D eigenvalue weighted by Gasteiger charge is -2.34. The van der Waals surface area contributed by atoms with Gasteiger partial charge in [0.15, 0.2) is 0 Å². The van der Waals surface area contributed by atoms with Crippen LogP contribution in [0.3, 0.4) is 0 Å². The number of pyridine rings is 3. The van der Waals surface area contributed by atoms with Crippen LogP contribution in [0.5, 0.6) is 11.6 Å². The first-order valence-corrected chi connectivity index (χ1v) is 19.0. The molecule has 11 heteroatoms. The number of amides is 2. The topological polar surface area (TPSA) is 132 Å². The van der Waals surface area contributed by atoms with Gasteiger partial charge in [0, 0.05) is 101 Å². The van der Waals surface area contributed by atoms with E-state index in [1.807, 2.05) is 54.9 Å². The molecule has 56 heavy (non-hydrogen) atoms. The van der Waals surface area contributed by atoms with Crippen LogP contribution in [0.25, 0.3) is 32.9 Å². The zero-order valence-corrected chi connectivity index (χ0v) is 30.8. The lowest BCUT2D eigenvalue weighted by atomic mass is 9.92. The predicted octanol–water partition coefficient (Wildman–Crippen LogP) is 6.91. The van der Waals surface area contributed by atoms with Crippen LogP contribution in [0.4, 0.5) is 0 Å². The van der Waals surface area contributed by atoms with Crippen LogP contribution in [0.15, 0.2) is 104 Å². The zero-order chi connectivity index (χ0) is 38.0. The average Bonchev–Trinajstić information content (AvgIpc) is 3.73. The van der Waals surface area contributed by atoms with E-state index in [4.69, 9.17) is 14.2 Å². The molecule has 1 atom stereocenters. The van der Waals surface area contributed by atoms with E-state index in [0.29, 0.717) is 49.7 Å². The highest BCUT2D eigenvalue weighted by Gasteiger charge is 2.38. The summed E-state index contributed by atoms with van der Waals surface area (Å²) in [5, 5.41) is 5.05. The van der Waals surface area contributed by atoms with E-state index in [-0.39, 0.29) is 24.0 Å². The van der Waals surface area contributed by atoms with Crippen molar-refractivity contribution in [3.63, 3.8) is 0 Å². The van der Waals surface area contributed by atoms with Crippen LogP contribution in [0, 0.1) is 11.8 Å². The number of fused-ring (bicyclic) bond motifs is 4. The van der Waals surface area contributed by atoms with Crippen molar-refractivity contribution in [3.05, 3.63) is 126 Å². The van der Waals surface area contributed by atoms with Gasteiger partial charge >= 0.3 is 0 Å². The summed E-state index contributed by atoms with van der Waals surface area (Å²) < 4.78 is 18.0. The molecule has 3 aliphatic rings. The van der Waals surface area contributed by atoms with Gasteiger partial charge in [0.1, 0.15) is 30.6 Å². The second-order valence-electron chi connectivity index (χ2n) is 14.5. The molecule has 0 spiro atoms. The summed E-state index contributed by atoms with van der Waals surface area (Å²) in [6.45, 7) is 5.11. The molecule has 4 aromatic heterocycles. The van der Waals surface area contributed by atoms with Gasteiger partial charge < -0.3 is 29.4 Å². The molecule has 1 unspecified atom stereocenters. The number of aryl methyl sites for hydroxylation is 1. The van der Waals surface area contributed by atoms with E-state index >= 15 is 0 Å². The molecular weight excluding hydrogens is 705 g/mol. The Morgan fingerprint density at radius 3 is 2.61 bits per heavy atom. The largest absolute Gasteiger partial charge is 0.489 e. The summed E-state index contributed by atoms with van der Waals surface area (Å²) in [6.07, 6.45) is 11.9. The summed E-state index contributed by atoms with van der Waals surface area (Å²) in [7, 11) is 0. The van der Waals surface area contributed by atoms with Gasteiger partial charge in [-0.3, -0.25) is 19.6 Å². The van der Waals surface area contributed by atoms with E-state index in [1.165, 1.54) is 0 Å². The van der Waals surface area contributed by atoms with Crippen molar-refractivity contribution < 1.29 is 23.8 Å². The van der Waals surface area contributed by atoms with Crippen LogP contribution < -0.4 is 14.8 Å². The molecule has 2 amide bonds. The number of nitrogens with one attached hydrogen (secondary N) is 2. The summed E-state index contributed by atoms with van der Waals surface area (Å²) in [6, 6.07) is 21.4. The van der Waals surface area contributed by atoms with Gasteiger partial charge in [0.05, 0.1) is 6.20 Å². The number of carbonyl (C=O) groups excluding carboxylic acids is 2. The molecular formula is C45H40N6O5. The lowest BCUT2D eigenvalue weighted by Crippen LogP contribution is -2.49. The number of H-pyrrole nitrogens is 1. The maximum Gasteiger partial charge on any atom is 0.255 e. The standard InChI is InChI=1S/C45H40N6O5/c1-28-6-14-42(44(52)49-28)51-27-32-20-29(7-12-37(32)45(51)53)4-2-18-54-19-3-5-33-10-11-34(25-47-33)55-35-22-36(23-35)56-43-15-9-31(24-48-43)30-8-13-38-39-26-46-17-16-40(39)50-41(38)21-30/h7-13,15-17,20-21,24-26,35-36,42,50H,1,3,5-6,14,18-19,22-23,27H2,(H,49,52). The highest BCUT2D eigenvalue weighted by Crippen LogP contribution is 2.32. The third kappa shape index (κ3) is 7.44. The molecule has 9 rings (SSSR count). The van der Waals surface area contributed by atoms with Crippen molar-refractivity contribution in [2.45, 2.75) is 63.3 Å². The number of aromatic amines is 1. The molecule has 0 radical (unpaired) electrons. The molecule has 2 N–H and O–H groups in total. The molecule has 2 aromatic carbocycles. The first-order valence-electron chi connectivity index (χ1n) is 19.0. The number of rotatable bonds is 11. The van der Waals surface area contributed by atoms with Crippen LogP contribution in [-0.2, 0) is 22.5 Å². The Bertz CT molecular complexity index is 2510. The van der Waals surface area contributed by atoms with Crippen molar-refractivity contribution in [2.75, 3.05) is 13.2 Å². The predicted molar refractivity (Wildman–Crippen MR) is 212 cm³/mol. The maximum absolute atomic E-state index is 13.0. The average molecular weight is 745 g/mol. The number of ether oxygens (including phenoxy) is 3. The Labute approximate surface area is 324 Å². The van der Waals surface area contributed by atoms with E-state index in [1.54, 1.807) is 23.4 Å². The van der Waals surface area contributed by atoms with Gasteiger partial charge in [-0.25, -0.2) is 4.98 Å². The minimum absolute atomic E-state index is 0.0652. The van der Waals surface area contributed by atoms with E-state index < -0.39 is 6.04 Å². The van der Waals surface area contributed by atoms with Crippen LogP contribution in [-0.4, -0.2) is 68.1 Å². The summed E-state index contributed by atoms with van der Waals surface area (Å²) in [4.78, 5) is 43.9. The smallest absolute Gasteiger partial charge is 0.255 e. The lowest BCUT2D eigenvalue weighted by molar-refractivity contribution is -0.126. The molecule has 1 saturated heterocycles. The van der Waals surface area contributed by atoms with Crippen molar-refractivity contribution in [2.24, 2.45) is 0 Å². The molecule has 11 nitrogen and oxygen atoms in total. The second-order valence-corrected chi connectivity index (χ2v) is 14.5. The number of piperidine rings is 1. The Kier molecular flexibility index (Phi) is 9.63. The first kappa shape index (κ1) is 35.2. The molecule has 6 aromatic rings. The van der Waals surface area contributed by atoms with Crippen molar-refractivity contribution in [1.29, 1.82) is 0 Å². The quantitative estimate of drug-likeness (QED) is 0.108. The molecule has 6 heterocycles. The maximum atomic E-state index is 13.0. The monoisotopic (exact) mass is 744 g/mol. The fourth-order valence-corrected chi connectivity index (χ4v) is 7.60. The number of aromatic nitrogens is 4. The molecule has 2 aliphatic heterocycles. The van der Waals surface area contributed by atoms with E-state index in [9.17, 15) is 9.59 Å². The van der Waals surface area contributed by atoms with E-state index in [2.05, 4.69) is 61.9 Å². The number of allylic oxidation sites excluding steroid dienone is 1. The number of hydrogen-bond donors (Lipinski definition) is 2. The fraction of sp³-hybridized carbons (Fsp3) is 0.267. The third-order valence-electron chi connectivity index (χ3n) is 10.7. The van der Waals surface area contributed by atoms with Crippen LogP contribution >= 0.6 is 0 Å². The second kappa shape index (κ2) is 15.3. The normalized spacial score (nSPS) is 19.0. The van der Waals surface area contributed by atoms with Crippen LogP contribution in [0.1, 0.15) is 59.3 Å². The van der Waals surface area contributed by atoms with Crippen molar-refractivity contribution >= 4 is 33.6 Å². The molecule has 2 fully saturated rings. The Morgan fingerprint density at radius 1 is 0.875 bits per heavy atom. The Morgan fingerprint density at radius 2 is 1.77 bits per heavy atom. The van der Waals surface area contributed by atoms with Crippen molar-refractivity contribution in [3.8, 4) is 34.6 Å². The van der Waals surface area contributed by atoms with Gasteiger partial charge in [0.2, 0.25) is 11.8 Å². The summed E-state index contributed by atoms with van der Waals surface area (Å²) in [5.74, 6) is 7.28. The Hall–Kier alpha value is -6.51. The number of hydrogen-bond acceptors (Lipinski definition) is 8. The van der Waals surface area contributed by atoms with Gasteiger partial charge in [-0.2, -0.15) is 0 Å². The van der Waals surface area contributed by atoms with Gasteiger partial charge in [-0.05, 0) is 85.3 Å². The van der Waals surface area contributed by atoms with Crippen molar-refractivity contribution in [1.82, 2.24) is 30.2 Å². The molecule has 1 aliphatic carbocycles. The molecule has 1 saturated carbocycles. The number of carbonyl (C=O) groups is 2. The van der Waals surface area contributed by atoms with Gasteiger partial charge in [0.25, 0.3) is 5.91 Å².